The van der Waals surface area contributed by atoms with Crippen LogP contribution < -0.4 is 23.5 Å². The normalized spacial score (nSPS) is 13.1. The zero-order valence-corrected chi connectivity index (χ0v) is 14.9. The van der Waals surface area contributed by atoms with Gasteiger partial charge in [-0.05, 0) is 35.4 Å². The van der Waals surface area contributed by atoms with Crippen LogP contribution in [0.1, 0.15) is 11.1 Å². The Morgan fingerprint density at radius 3 is 2.35 bits per heavy atom. The van der Waals surface area contributed by atoms with Gasteiger partial charge in [0.2, 0.25) is 12.5 Å². The summed E-state index contributed by atoms with van der Waals surface area (Å²) in [6.45, 7) is 0.139. The summed E-state index contributed by atoms with van der Waals surface area (Å²) in [5.74, 6) is 1.87. The molecule has 0 saturated carbocycles. The molecule has 0 unspecified atom stereocenters. The summed E-state index contributed by atoms with van der Waals surface area (Å²) in [6, 6.07) is 8.36. The molecule has 0 aliphatic carbocycles. The maximum Gasteiger partial charge on any atom is 0.524 e. The van der Waals surface area contributed by atoms with E-state index >= 15 is 0 Å². The van der Waals surface area contributed by atoms with Crippen LogP contribution in [0.15, 0.2) is 30.3 Å². The Morgan fingerprint density at radius 1 is 0.962 bits per heavy atom. The molecule has 2 aromatic carbocycles. The quantitative estimate of drug-likeness (QED) is 0.582. The van der Waals surface area contributed by atoms with Crippen molar-refractivity contribution < 1.29 is 37.8 Å². The van der Waals surface area contributed by atoms with Crippen LogP contribution in [0.5, 0.6) is 28.7 Å². The molecule has 0 fully saturated rings. The van der Waals surface area contributed by atoms with Gasteiger partial charge in [-0.25, -0.2) is 4.57 Å². The highest BCUT2D eigenvalue weighted by molar-refractivity contribution is 7.46. The zero-order valence-electron chi connectivity index (χ0n) is 14.0. The van der Waals surface area contributed by atoms with Crippen molar-refractivity contribution in [2.45, 2.75) is 0 Å². The first kappa shape index (κ1) is 18.1. The largest absolute Gasteiger partial charge is 0.524 e. The molecule has 1 aliphatic rings. The summed E-state index contributed by atoms with van der Waals surface area (Å²) < 4.78 is 36.8. The van der Waals surface area contributed by atoms with E-state index in [-0.39, 0.29) is 18.3 Å². The molecular formula is C17H17O8P. The molecule has 0 atom stereocenters. The Kier molecular flexibility index (Phi) is 5.08. The second kappa shape index (κ2) is 7.29. The van der Waals surface area contributed by atoms with Gasteiger partial charge in [0, 0.05) is 0 Å². The van der Waals surface area contributed by atoms with Crippen LogP contribution in [0, 0.1) is 0 Å². The Balaban J connectivity index is 1.89. The first-order valence-electron chi connectivity index (χ1n) is 7.48. The molecule has 3 rings (SSSR count). The molecule has 9 heteroatoms. The third-order valence-electron chi connectivity index (χ3n) is 3.55. The molecule has 8 nitrogen and oxygen atoms in total. The Morgan fingerprint density at radius 2 is 1.65 bits per heavy atom. The lowest BCUT2D eigenvalue weighted by Crippen LogP contribution is -1.94. The minimum Gasteiger partial charge on any atom is -0.493 e. The van der Waals surface area contributed by atoms with E-state index in [0.717, 1.165) is 5.56 Å². The minimum atomic E-state index is -4.70. The van der Waals surface area contributed by atoms with Gasteiger partial charge in [0.25, 0.3) is 0 Å². The van der Waals surface area contributed by atoms with Gasteiger partial charge in [-0.15, -0.1) is 0 Å². The Labute approximate surface area is 149 Å². The van der Waals surface area contributed by atoms with E-state index in [9.17, 15) is 4.57 Å². The molecule has 0 bridgehead atoms. The van der Waals surface area contributed by atoms with Gasteiger partial charge in [0.1, 0.15) is 0 Å². The number of phosphoric acid groups is 1. The van der Waals surface area contributed by atoms with E-state index in [1.807, 2.05) is 0 Å². The van der Waals surface area contributed by atoms with Gasteiger partial charge in [-0.2, -0.15) is 0 Å². The first-order valence-corrected chi connectivity index (χ1v) is 9.01. The average molecular weight is 380 g/mol. The molecular weight excluding hydrogens is 363 g/mol. The van der Waals surface area contributed by atoms with Gasteiger partial charge in [-0.1, -0.05) is 18.2 Å². The van der Waals surface area contributed by atoms with Crippen molar-refractivity contribution >= 4 is 20.0 Å². The molecule has 0 amide bonds. The van der Waals surface area contributed by atoms with E-state index in [2.05, 4.69) is 4.52 Å². The minimum absolute atomic E-state index is 0.0498. The van der Waals surface area contributed by atoms with Crippen molar-refractivity contribution in [3.05, 3.63) is 41.5 Å². The number of rotatable bonds is 6. The predicted molar refractivity (Wildman–Crippen MR) is 93.7 cm³/mol. The van der Waals surface area contributed by atoms with Crippen LogP contribution in [0.4, 0.5) is 0 Å². The number of hydrogen-bond acceptors (Lipinski definition) is 6. The monoisotopic (exact) mass is 380 g/mol. The maximum atomic E-state index is 11.1. The number of methoxy groups -OCH3 is 2. The SMILES string of the molecule is COc1ccc(/C=C/c2cc(OC)c3c(c2)OCO3)cc1OP(=O)(O)O. The van der Waals surface area contributed by atoms with Crippen molar-refractivity contribution in [3.63, 3.8) is 0 Å². The van der Waals surface area contributed by atoms with Crippen LogP contribution in [0.2, 0.25) is 0 Å². The molecule has 1 aliphatic heterocycles. The summed E-state index contributed by atoms with van der Waals surface area (Å²) in [7, 11) is -1.77. The molecule has 2 aromatic rings. The number of ether oxygens (including phenoxy) is 4. The molecule has 0 spiro atoms. The van der Waals surface area contributed by atoms with Crippen molar-refractivity contribution in [1.82, 2.24) is 0 Å². The lowest BCUT2D eigenvalue weighted by atomic mass is 10.1. The van der Waals surface area contributed by atoms with Crippen molar-refractivity contribution in [1.29, 1.82) is 0 Å². The van der Waals surface area contributed by atoms with E-state index < -0.39 is 7.82 Å². The maximum absolute atomic E-state index is 11.1. The van der Waals surface area contributed by atoms with Crippen molar-refractivity contribution in [3.8, 4) is 28.7 Å². The number of benzene rings is 2. The fourth-order valence-electron chi connectivity index (χ4n) is 2.43. The highest BCUT2D eigenvalue weighted by Crippen LogP contribution is 2.43. The third-order valence-corrected chi connectivity index (χ3v) is 3.99. The second-order valence-corrected chi connectivity index (χ2v) is 6.45. The number of hydrogen-bond donors (Lipinski definition) is 2. The van der Waals surface area contributed by atoms with E-state index in [1.54, 1.807) is 43.5 Å². The summed E-state index contributed by atoms with van der Waals surface area (Å²) >= 11 is 0. The van der Waals surface area contributed by atoms with Crippen molar-refractivity contribution in [2.24, 2.45) is 0 Å². The average Bonchev–Trinajstić information content (AvgIpc) is 3.06. The van der Waals surface area contributed by atoms with E-state index in [1.165, 1.54) is 13.2 Å². The van der Waals surface area contributed by atoms with Crippen LogP contribution in [-0.2, 0) is 4.57 Å². The molecule has 138 valence electrons. The van der Waals surface area contributed by atoms with Gasteiger partial charge < -0.3 is 23.5 Å². The van der Waals surface area contributed by atoms with E-state index in [4.69, 9.17) is 28.7 Å². The molecule has 1 heterocycles. The Hall–Kier alpha value is -2.67. The van der Waals surface area contributed by atoms with Gasteiger partial charge in [-0.3, -0.25) is 9.79 Å². The highest BCUT2D eigenvalue weighted by Gasteiger charge is 2.20. The van der Waals surface area contributed by atoms with Gasteiger partial charge in [0.05, 0.1) is 14.2 Å². The first-order chi connectivity index (χ1) is 12.4. The standard InChI is InChI=1S/C17H17O8P/c1-21-13-6-5-11(7-14(13)25-26(18,19)20)3-4-12-8-15(22-2)17-16(9-12)23-10-24-17/h3-9H,10H2,1-2H3,(H2,18,19,20)/b4-3+. The summed E-state index contributed by atoms with van der Waals surface area (Å²) in [4.78, 5) is 18.0. The fourth-order valence-corrected chi connectivity index (χ4v) is 2.83. The predicted octanol–water partition coefficient (Wildman–Crippen LogP) is 3.07. The molecule has 26 heavy (non-hydrogen) atoms. The second-order valence-electron chi connectivity index (χ2n) is 5.28. The summed E-state index contributed by atoms with van der Waals surface area (Å²) in [6.07, 6.45) is 3.55. The molecule has 0 saturated heterocycles. The zero-order chi connectivity index (χ0) is 18.7. The molecule has 2 N–H and O–H groups in total. The fraction of sp³-hybridized carbons (Fsp3) is 0.176. The highest BCUT2D eigenvalue weighted by atomic mass is 31.2. The third kappa shape index (κ3) is 4.11. The topological polar surface area (TPSA) is 104 Å². The van der Waals surface area contributed by atoms with Gasteiger partial charge in [0.15, 0.2) is 23.0 Å². The number of phosphoric ester groups is 1. The van der Waals surface area contributed by atoms with Crippen molar-refractivity contribution in [2.75, 3.05) is 21.0 Å². The van der Waals surface area contributed by atoms with Crippen LogP contribution in [0.25, 0.3) is 12.2 Å². The molecule has 0 radical (unpaired) electrons. The van der Waals surface area contributed by atoms with Crippen LogP contribution in [-0.4, -0.2) is 30.8 Å². The van der Waals surface area contributed by atoms with E-state index in [0.29, 0.717) is 22.8 Å². The van der Waals surface area contributed by atoms with Crippen LogP contribution >= 0.6 is 7.82 Å². The number of fused-ring (bicyclic) bond motifs is 1. The lowest BCUT2D eigenvalue weighted by molar-refractivity contribution is 0.171. The summed E-state index contributed by atoms with van der Waals surface area (Å²) in [5, 5.41) is 0. The molecule has 0 aromatic heterocycles. The lowest BCUT2D eigenvalue weighted by Gasteiger charge is -2.11. The van der Waals surface area contributed by atoms with Gasteiger partial charge >= 0.3 is 7.82 Å². The Bertz CT molecular complexity index is 887. The summed E-state index contributed by atoms with van der Waals surface area (Å²) in [5.41, 5.74) is 1.46. The van der Waals surface area contributed by atoms with Crippen LogP contribution in [0.3, 0.4) is 0 Å². The smallest absolute Gasteiger partial charge is 0.493 e.